The van der Waals surface area contributed by atoms with Gasteiger partial charge in [0.1, 0.15) is 0 Å². The van der Waals surface area contributed by atoms with Gasteiger partial charge < -0.3 is 20.1 Å². The third-order valence-corrected chi connectivity index (χ3v) is 4.86. The maximum atomic E-state index is 12.3. The highest BCUT2D eigenvalue weighted by atomic mass is 16.4. The number of nitrogens with zero attached hydrogens (tertiary/aromatic N) is 1. The van der Waals surface area contributed by atoms with Gasteiger partial charge in [0.2, 0.25) is 11.8 Å². The number of anilines is 1. The van der Waals surface area contributed by atoms with Gasteiger partial charge in [0.15, 0.2) is 0 Å². The van der Waals surface area contributed by atoms with Crippen LogP contribution in [0, 0.1) is 11.8 Å². The van der Waals surface area contributed by atoms with Crippen LogP contribution in [0.4, 0.5) is 5.69 Å². The number of aliphatic carboxylic acids is 1. The van der Waals surface area contributed by atoms with Gasteiger partial charge >= 0.3 is 0 Å². The lowest BCUT2D eigenvalue weighted by atomic mass is 9.82. The number of carboxylic acids is 1. The van der Waals surface area contributed by atoms with Crippen molar-refractivity contribution in [1.29, 1.82) is 0 Å². The van der Waals surface area contributed by atoms with Crippen molar-refractivity contribution in [3.8, 4) is 0 Å². The first-order valence-electron chi connectivity index (χ1n) is 8.59. The lowest BCUT2D eigenvalue weighted by molar-refractivity contribution is -0.313. The Hall–Kier alpha value is -2.63. The summed E-state index contributed by atoms with van der Waals surface area (Å²) in [6.07, 6.45) is 5.84. The Balaban J connectivity index is 1.57. The molecular formula is C19H21N2O4-. The number of rotatable bonds is 5. The second-order valence-corrected chi connectivity index (χ2v) is 6.51. The minimum absolute atomic E-state index is 0.139. The zero-order valence-corrected chi connectivity index (χ0v) is 13.9. The van der Waals surface area contributed by atoms with Gasteiger partial charge in [-0.1, -0.05) is 24.3 Å². The molecule has 0 aromatic heterocycles. The fraction of sp³-hybridized carbons (Fsp3) is 0.421. The van der Waals surface area contributed by atoms with Crippen molar-refractivity contribution in [2.75, 3.05) is 11.4 Å². The largest absolute Gasteiger partial charge is 0.550 e. The molecule has 0 radical (unpaired) electrons. The summed E-state index contributed by atoms with van der Waals surface area (Å²) in [7, 11) is 0. The lowest BCUT2D eigenvalue weighted by Crippen LogP contribution is -2.43. The molecule has 25 heavy (non-hydrogen) atoms. The number of carboxylic acid groups (broad SMARTS) is 1. The number of hydrogen-bond acceptors (Lipinski definition) is 4. The minimum Gasteiger partial charge on any atom is -0.550 e. The average Bonchev–Trinajstić information content (AvgIpc) is 3.06. The maximum Gasteiger partial charge on any atom is 0.227 e. The molecule has 0 saturated carbocycles. The average molecular weight is 341 g/mol. The molecule has 1 aromatic carbocycles. The summed E-state index contributed by atoms with van der Waals surface area (Å²) < 4.78 is 0. The topological polar surface area (TPSA) is 89.5 Å². The monoisotopic (exact) mass is 341 g/mol. The Morgan fingerprint density at radius 3 is 2.40 bits per heavy atom. The molecule has 132 valence electrons. The van der Waals surface area contributed by atoms with Crippen molar-refractivity contribution in [2.45, 2.75) is 32.2 Å². The molecule has 1 aliphatic carbocycles. The molecule has 1 fully saturated rings. The molecule has 1 heterocycles. The standard InChI is InChI=1S/C19H22N2O4/c22-17-6-3-11-21(17)14-9-7-13(8-10-14)12-20-18(23)15-4-1-2-5-16(15)19(24)25/h1-2,7-10,15-16H,3-6,11-12H2,(H,20,23)(H,24,25)/p-1/t15-,16+/m1/s1. The molecule has 1 N–H and O–H groups in total. The fourth-order valence-corrected chi connectivity index (χ4v) is 3.40. The summed E-state index contributed by atoms with van der Waals surface area (Å²) in [5.74, 6) is -2.66. The molecule has 2 aliphatic rings. The van der Waals surface area contributed by atoms with E-state index in [1.807, 2.05) is 30.3 Å². The molecule has 2 atom stereocenters. The van der Waals surface area contributed by atoms with Crippen LogP contribution in [0.3, 0.4) is 0 Å². The van der Waals surface area contributed by atoms with Crippen molar-refractivity contribution in [1.82, 2.24) is 5.32 Å². The maximum absolute atomic E-state index is 12.3. The van der Waals surface area contributed by atoms with Crippen molar-refractivity contribution in [3.05, 3.63) is 42.0 Å². The number of carbonyl (C=O) groups is 3. The van der Waals surface area contributed by atoms with Gasteiger partial charge in [0.05, 0.1) is 0 Å². The van der Waals surface area contributed by atoms with E-state index < -0.39 is 17.8 Å². The van der Waals surface area contributed by atoms with Crippen LogP contribution in [0.2, 0.25) is 0 Å². The van der Waals surface area contributed by atoms with Gasteiger partial charge in [0.25, 0.3) is 0 Å². The van der Waals surface area contributed by atoms with Crippen LogP contribution < -0.4 is 15.3 Å². The Morgan fingerprint density at radius 1 is 1.12 bits per heavy atom. The second kappa shape index (κ2) is 7.51. The fourth-order valence-electron chi connectivity index (χ4n) is 3.40. The molecule has 2 amide bonds. The Bertz CT molecular complexity index is 696. The highest BCUT2D eigenvalue weighted by molar-refractivity contribution is 5.95. The van der Waals surface area contributed by atoms with Crippen molar-refractivity contribution < 1.29 is 19.5 Å². The van der Waals surface area contributed by atoms with Crippen LogP contribution in [-0.2, 0) is 20.9 Å². The number of carbonyl (C=O) groups excluding carboxylic acids is 3. The third-order valence-electron chi connectivity index (χ3n) is 4.86. The first-order chi connectivity index (χ1) is 12.1. The SMILES string of the molecule is O=C([O-])[C@H]1CC=CC[C@H]1C(=O)NCc1ccc(N2CCCC2=O)cc1. The zero-order valence-electron chi connectivity index (χ0n) is 13.9. The molecule has 3 rings (SSSR count). The summed E-state index contributed by atoms with van der Waals surface area (Å²) in [5, 5.41) is 14.0. The molecule has 1 saturated heterocycles. The molecule has 0 spiro atoms. The Morgan fingerprint density at radius 2 is 1.80 bits per heavy atom. The first kappa shape index (κ1) is 17.2. The van der Waals surface area contributed by atoms with Crippen LogP contribution in [0.1, 0.15) is 31.2 Å². The van der Waals surface area contributed by atoms with Gasteiger partial charge in [-0.3, -0.25) is 9.59 Å². The number of benzene rings is 1. The smallest absolute Gasteiger partial charge is 0.227 e. The highest BCUT2D eigenvalue weighted by Crippen LogP contribution is 2.26. The first-order valence-corrected chi connectivity index (χ1v) is 8.59. The lowest BCUT2D eigenvalue weighted by Gasteiger charge is -2.28. The van der Waals surface area contributed by atoms with Gasteiger partial charge in [-0.25, -0.2) is 0 Å². The number of amides is 2. The third kappa shape index (κ3) is 3.90. The highest BCUT2D eigenvalue weighted by Gasteiger charge is 2.29. The molecule has 6 heteroatoms. The second-order valence-electron chi connectivity index (χ2n) is 6.51. The molecule has 1 aliphatic heterocycles. The summed E-state index contributed by atoms with van der Waals surface area (Å²) in [6.45, 7) is 1.07. The van der Waals surface area contributed by atoms with Crippen LogP contribution >= 0.6 is 0 Å². The molecular weight excluding hydrogens is 320 g/mol. The predicted molar refractivity (Wildman–Crippen MR) is 90.2 cm³/mol. The van der Waals surface area contributed by atoms with E-state index in [1.54, 1.807) is 11.0 Å². The van der Waals surface area contributed by atoms with Crippen LogP contribution in [0.5, 0.6) is 0 Å². The predicted octanol–water partition coefficient (Wildman–Crippen LogP) is 0.762. The summed E-state index contributed by atoms with van der Waals surface area (Å²) in [4.78, 5) is 37.0. The number of nitrogens with one attached hydrogen (secondary N) is 1. The van der Waals surface area contributed by atoms with Crippen molar-refractivity contribution >= 4 is 23.5 Å². The normalized spacial score (nSPS) is 22.9. The van der Waals surface area contributed by atoms with E-state index in [-0.39, 0.29) is 11.8 Å². The number of allylic oxidation sites excluding steroid dienone is 2. The van der Waals surface area contributed by atoms with Crippen molar-refractivity contribution in [2.24, 2.45) is 11.8 Å². The molecule has 6 nitrogen and oxygen atoms in total. The van der Waals surface area contributed by atoms with E-state index in [2.05, 4.69) is 5.32 Å². The number of hydrogen-bond donors (Lipinski definition) is 1. The van der Waals surface area contributed by atoms with Gasteiger partial charge in [0, 0.05) is 43.0 Å². The van der Waals surface area contributed by atoms with Crippen molar-refractivity contribution in [3.63, 3.8) is 0 Å². The van der Waals surface area contributed by atoms with Crippen LogP contribution in [0.15, 0.2) is 36.4 Å². The summed E-state index contributed by atoms with van der Waals surface area (Å²) in [6, 6.07) is 7.49. The Labute approximate surface area is 146 Å². The van der Waals surface area contributed by atoms with E-state index in [0.717, 1.165) is 24.2 Å². The quantitative estimate of drug-likeness (QED) is 0.801. The minimum atomic E-state index is -1.18. The molecule has 1 aromatic rings. The molecule has 0 unspecified atom stereocenters. The summed E-state index contributed by atoms with van der Waals surface area (Å²) >= 11 is 0. The van der Waals surface area contributed by atoms with Gasteiger partial charge in [-0.05, 0) is 37.0 Å². The molecule has 0 bridgehead atoms. The summed E-state index contributed by atoms with van der Waals surface area (Å²) in [5.41, 5.74) is 1.77. The van der Waals surface area contributed by atoms with E-state index in [0.29, 0.717) is 25.8 Å². The van der Waals surface area contributed by atoms with E-state index in [1.165, 1.54) is 0 Å². The Kier molecular flexibility index (Phi) is 5.16. The van der Waals surface area contributed by atoms with Crippen LogP contribution in [0.25, 0.3) is 0 Å². The van der Waals surface area contributed by atoms with Gasteiger partial charge in [-0.2, -0.15) is 0 Å². The van der Waals surface area contributed by atoms with Crippen LogP contribution in [-0.4, -0.2) is 24.3 Å². The van der Waals surface area contributed by atoms with Gasteiger partial charge in [-0.15, -0.1) is 0 Å². The van der Waals surface area contributed by atoms with E-state index >= 15 is 0 Å². The zero-order chi connectivity index (χ0) is 17.8. The van der Waals surface area contributed by atoms with E-state index in [4.69, 9.17) is 0 Å². The van der Waals surface area contributed by atoms with E-state index in [9.17, 15) is 19.5 Å².